The number of aryl methyl sites for hydroxylation is 1. The lowest BCUT2D eigenvalue weighted by Gasteiger charge is -2.09. The van der Waals surface area contributed by atoms with E-state index in [2.05, 4.69) is 4.98 Å². The molecule has 0 aliphatic heterocycles. The molecule has 1 heterocycles. The molecule has 106 valence electrons. The molecule has 1 N–H and O–H groups in total. The number of nitrogens with one attached hydrogen (secondary N) is 1. The predicted molar refractivity (Wildman–Crippen MR) is 85.0 cm³/mol. The third-order valence-corrected chi connectivity index (χ3v) is 3.66. The fraction of sp³-hybridized carbons (Fsp3) is 0.167. The first-order valence-electron chi connectivity index (χ1n) is 7.05. The first-order chi connectivity index (χ1) is 10.3. The maximum absolute atomic E-state index is 11.6. The van der Waals surface area contributed by atoms with Crippen LogP contribution in [0, 0.1) is 6.92 Å². The van der Waals surface area contributed by atoms with E-state index in [0.29, 0.717) is 12.2 Å². The summed E-state index contributed by atoms with van der Waals surface area (Å²) < 4.78 is 5.68. The van der Waals surface area contributed by atoms with Gasteiger partial charge in [0.2, 0.25) is 0 Å². The maximum atomic E-state index is 11.6. The van der Waals surface area contributed by atoms with Crippen molar-refractivity contribution in [2.45, 2.75) is 13.8 Å². The molecule has 1 aromatic heterocycles. The molecule has 3 heteroatoms. The van der Waals surface area contributed by atoms with Gasteiger partial charge in [-0.1, -0.05) is 30.3 Å². The summed E-state index contributed by atoms with van der Waals surface area (Å²) in [6.45, 7) is 4.57. The number of aromatic amines is 1. The molecule has 0 spiro atoms. The van der Waals surface area contributed by atoms with Crippen molar-refractivity contribution in [3.05, 3.63) is 53.6 Å². The second-order valence-electron chi connectivity index (χ2n) is 4.96. The Hall–Kier alpha value is -2.55. The van der Waals surface area contributed by atoms with Gasteiger partial charge in [-0.15, -0.1) is 0 Å². The van der Waals surface area contributed by atoms with E-state index < -0.39 is 0 Å². The Morgan fingerprint density at radius 3 is 2.71 bits per heavy atom. The smallest absolute Gasteiger partial charge is 0.152 e. The van der Waals surface area contributed by atoms with Crippen molar-refractivity contribution in [2.24, 2.45) is 0 Å². The standard InChI is InChI=1S/C18H17NO2/c1-3-21-16-10-5-4-8-14(16)18-15(11-20)13-9-6-7-12(2)17(13)19-18/h4-11,19H,3H2,1-2H3. The molecule has 0 amide bonds. The number of H-pyrrole nitrogens is 1. The van der Waals surface area contributed by atoms with E-state index in [0.717, 1.165) is 39.8 Å². The minimum absolute atomic E-state index is 0.590. The van der Waals surface area contributed by atoms with Crippen LogP contribution in [-0.2, 0) is 0 Å². The average Bonchev–Trinajstić information content (AvgIpc) is 2.88. The van der Waals surface area contributed by atoms with Gasteiger partial charge >= 0.3 is 0 Å². The molecule has 2 aromatic carbocycles. The number of ether oxygens (including phenoxy) is 1. The Labute approximate surface area is 123 Å². The topological polar surface area (TPSA) is 42.1 Å². The van der Waals surface area contributed by atoms with Gasteiger partial charge in [0, 0.05) is 22.0 Å². The number of hydrogen-bond acceptors (Lipinski definition) is 2. The van der Waals surface area contributed by atoms with Gasteiger partial charge in [0.05, 0.1) is 12.3 Å². The number of fused-ring (bicyclic) bond motifs is 1. The summed E-state index contributed by atoms with van der Waals surface area (Å²) >= 11 is 0. The van der Waals surface area contributed by atoms with Gasteiger partial charge in [-0.25, -0.2) is 0 Å². The molecule has 3 rings (SSSR count). The van der Waals surface area contributed by atoms with E-state index in [9.17, 15) is 4.79 Å². The molecule has 0 atom stereocenters. The highest BCUT2D eigenvalue weighted by Crippen LogP contribution is 2.35. The fourth-order valence-corrected chi connectivity index (χ4v) is 2.67. The zero-order valence-electron chi connectivity index (χ0n) is 12.1. The summed E-state index contributed by atoms with van der Waals surface area (Å²) in [4.78, 5) is 15.0. The molecule has 0 bridgehead atoms. The molecule has 0 unspecified atom stereocenters. The molecule has 0 saturated carbocycles. The van der Waals surface area contributed by atoms with Crippen molar-refractivity contribution in [3.63, 3.8) is 0 Å². The Kier molecular flexibility index (Phi) is 3.48. The molecule has 3 aromatic rings. The third-order valence-electron chi connectivity index (χ3n) is 3.66. The lowest BCUT2D eigenvalue weighted by atomic mass is 10.0. The highest BCUT2D eigenvalue weighted by Gasteiger charge is 2.16. The molecular formula is C18H17NO2. The number of aldehydes is 1. The summed E-state index contributed by atoms with van der Waals surface area (Å²) in [7, 11) is 0. The minimum atomic E-state index is 0.590. The van der Waals surface area contributed by atoms with Gasteiger partial charge in [0.15, 0.2) is 6.29 Å². The lowest BCUT2D eigenvalue weighted by molar-refractivity contribution is 0.112. The van der Waals surface area contributed by atoms with Crippen molar-refractivity contribution >= 4 is 17.2 Å². The number of para-hydroxylation sites is 2. The van der Waals surface area contributed by atoms with Gasteiger partial charge in [-0.3, -0.25) is 4.79 Å². The van der Waals surface area contributed by atoms with Crippen molar-refractivity contribution in [3.8, 4) is 17.0 Å². The Morgan fingerprint density at radius 1 is 1.14 bits per heavy atom. The zero-order valence-corrected chi connectivity index (χ0v) is 12.1. The summed E-state index contributed by atoms with van der Waals surface area (Å²) in [6, 6.07) is 13.7. The molecule has 0 aliphatic rings. The van der Waals surface area contributed by atoms with Gasteiger partial charge in [-0.2, -0.15) is 0 Å². The molecule has 3 nitrogen and oxygen atoms in total. The van der Waals surface area contributed by atoms with E-state index in [1.807, 2.05) is 56.3 Å². The van der Waals surface area contributed by atoms with Crippen molar-refractivity contribution in [1.29, 1.82) is 0 Å². The highest BCUT2D eigenvalue weighted by atomic mass is 16.5. The number of benzene rings is 2. The van der Waals surface area contributed by atoms with E-state index in [1.54, 1.807) is 0 Å². The first-order valence-corrected chi connectivity index (χ1v) is 7.05. The van der Waals surface area contributed by atoms with E-state index in [-0.39, 0.29) is 0 Å². The quantitative estimate of drug-likeness (QED) is 0.721. The average molecular weight is 279 g/mol. The third kappa shape index (κ3) is 2.21. The number of rotatable bonds is 4. The van der Waals surface area contributed by atoms with Crippen LogP contribution < -0.4 is 4.74 Å². The molecule has 0 aliphatic carbocycles. The molecular weight excluding hydrogens is 262 g/mol. The van der Waals surface area contributed by atoms with Crippen LogP contribution in [0.5, 0.6) is 5.75 Å². The normalized spacial score (nSPS) is 10.8. The first kappa shape index (κ1) is 13.4. The lowest BCUT2D eigenvalue weighted by Crippen LogP contribution is -1.95. The summed E-state index contributed by atoms with van der Waals surface area (Å²) in [5, 5.41) is 0.950. The van der Waals surface area contributed by atoms with Crippen LogP contribution in [-0.4, -0.2) is 17.9 Å². The minimum Gasteiger partial charge on any atom is -0.493 e. The van der Waals surface area contributed by atoms with Gasteiger partial charge < -0.3 is 9.72 Å². The molecule has 0 fully saturated rings. The van der Waals surface area contributed by atoms with Crippen LogP contribution in [0.2, 0.25) is 0 Å². The molecule has 0 saturated heterocycles. The van der Waals surface area contributed by atoms with E-state index in [1.165, 1.54) is 0 Å². The van der Waals surface area contributed by atoms with Gasteiger partial charge in [0.25, 0.3) is 0 Å². The SMILES string of the molecule is CCOc1ccccc1-c1[nH]c2c(C)cccc2c1C=O. The highest BCUT2D eigenvalue weighted by molar-refractivity contribution is 6.05. The van der Waals surface area contributed by atoms with Crippen LogP contribution >= 0.6 is 0 Å². The van der Waals surface area contributed by atoms with Crippen LogP contribution in [0.25, 0.3) is 22.2 Å². The van der Waals surface area contributed by atoms with Crippen LogP contribution in [0.15, 0.2) is 42.5 Å². The predicted octanol–water partition coefficient (Wildman–Crippen LogP) is 4.35. The Morgan fingerprint density at radius 2 is 1.95 bits per heavy atom. The van der Waals surface area contributed by atoms with Crippen LogP contribution in [0.4, 0.5) is 0 Å². The summed E-state index contributed by atoms with van der Waals surface area (Å²) in [6.07, 6.45) is 0.913. The fourth-order valence-electron chi connectivity index (χ4n) is 2.67. The van der Waals surface area contributed by atoms with E-state index >= 15 is 0 Å². The summed E-state index contributed by atoms with van der Waals surface area (Å²) in [5.41, 5.74) is 4.54. The number of carbonyl (C=O) groups is 1. The largest absolute Gasteiger partial charge is 0.493 e. The maximum Gasteiger partial charge on any atom is 0.152 e. The Balaban J connectivity index is 2.30. The molecule has 0 radical (unpaired) electrons. The monoisotopic (exact) mass is 279 g/mol. The Bertz CT molecular complexity index is 802. The van der Waals surface area contributed by atoms with Gasteiger partial charge in [-0.05, 0) is 31.5 Å². The number of aromatic nitrogens is 1. The van der Waals surface area contributed by atoms with Gasteiger partial charge in [0.1, 0.15) is 5.75 Å². The van der Waals surface area contributed by atoms with Crippen LogP contribution in [0.1, 0.15) is 22.8 Å². The van der Waals surface area contributed by atoms with Crippen LogP contribution in [0.3, 0.4) is 0 Å². The zero-order chi connectivity index (χ0) is 14.8. The van der Waals surface area contributed by atoms with E-state index in [4.69, 9.17) is 4.74 Å². The molecule has 21 heavy (non-hydrogen) atoms. The summed E-state index contributed by atoms with van der Waals surface area (Å²) in [5.74, 6) is 0.785. The number of carbonyl (C=O) groups excluding carboxylic acids is 1. The number of hydrogen-bond donors (Lipinski definition) is 1. The van der Waals surface area contributed by atoms with Crippen molar-refractivity contribution in [2.75, 3.05) is 6.61 Å². The van der Waals surface area contributed by atoms with Crippen molar-refractivity contribution < 1.29 is 9.53 Å². The second kappa shape index (κ2) is 5.44. The second-order valence-corrected chi connectivity index (χ2v) is 4.96. The van der Waals surface area contributed by atoms with Crippen molar-refractivity contribution in [1.82, 2.24) is 4.98 Å².